The molecule has 1 heterocycles. The zero-order chi connectivity index (χ0) is 13.2. The van der Waals surface area contributed by atoms with Crippen LogP contribution in [0.4, 0.5) is 5.82 Å². The molecular weight excluding hydrogens is 222 g/mol. The Bertz CT molecular complexity index is 317. The molecule has 1 aromatic heterocycles. The molecule has 0 fully saturated rings. The highest BCUT2D eigenvalue weighted by Gasteiger charge is 2.07. The van der Waals surface area contributed by atoms with E-state index in [4.69, 9.17) is 4.98 Å². The van der Waals surface area contributed by atoms with Crippen LogP contribution in [0.5, 0.6) is 0 Å². The van der Waals surface area contributed by atoms with E-state index in [2.05, 4.69) is 42.3 Å². The Morgan fingerprint density at radius 2 is 1.78 bits per heavy atom. The fourth-order valence-electron chi connectivity index (χ4n) is 1.96. The molecule has 0 radical (unpaired) electrons. The largest absolute Gasteiger partial charge is 0.357 e. The molecule has 0 spiro atoms. The molecule has 3 heteroatoms. The predicted octanol–water partition coefficient (Wildman–Crippen LogP) is 3.21. The van der Waals surface area contributed by atoms with E-state index in [9.17, 15) is 0 Å². The summed E-state index contributed by atoms with van der Waals surface area (Å²) in [7, 11) is 1.96. The maximum atomic E-state index is 4.73. The van der Waals surface area contributed by atoms with E-state index in [1.807, 2.05) is 7.05 Å². The van der Waals surface area contributed by atoms with Crippen molar-refractivity contribution in [2.45, 2.75) is 46.1 Å². The van der Waals surface area contributed by atoms with E-state index >= 15 is 0 Å². The van der Waals surface area contributed by atoms with Crippen molar-refractivity contribution < 1.29 is 0 Å². The van der Waals surface area contributed by atoms with Crippen LogP contribution in [0.2, 0.25) is 0 Å². The molecule has 1 N–H and O–H groups in total. The summed E-state index contributed by atoms with van der Waals surface area (Å²) >= 11 is 0. The molecule has 1 aromatic rings. The van der Waals surface area contributed by atoms with Gasteiger partial charge in [0.05, 0.1) is 5.69 Å². The average molecular weight is 249 g/mol. The molecule has 0 aliphatic rings. The van der Waals surface area contributed by atoms with Crippen molar-refractivity contribution in [2.75, 3.05) is 25.0 Å². The van der Waals surface area contributed by atoms with Crippen molar-refractivity contribution in [3.8, 4) is 0 Å². The highest BCUT2D eigenvalue weighted by molar-refractivity contribution is 5.39. The molecule has 18 heavy (non-hydrogen) atoms. The zero-order valence-electron chi connectivity index (χ0n) is 12.1. The molecular formula is C15H27N3. The summed E-state index contributed by atoms with van der Waals surface area (Å²) in [5.74, 6) is 1.13. The van der Waals surface area contributed by atoms with Crippen LogP contribution >= 0.6 is 0 Å². The van der Waals surface area contributed by atoms with Gasteiger partial charge in [-0.25, -0.2) is 4.98 Å². The molecule has 0 saturated heterocycles. The topological polar surface area (TPSA) is 28.2 Å². The van der Waals surface area contributed by atoms with Gasteiger partial charge in [0, 0.05) is 19.6 Å². The van der Waals surface area contributed by atoms with E-state index in [0.717, 1.165) is 31.1 Å². The van der Waals surface area contributed by atoms with Gasteiger partial charge in [-0.1, -0.05) is 32.8 Å². The lowest BCUT2D eigenvalue weighted by Crippen LogP contribution is -2.27. The predicted molar refractivity (Wildman–Crippen MR) is 79.0 cm³/mol. The van der Waals surface area contributed by atoms with Crippen LogP contribution in [0, 0.1) is 0 Å². The Balaban J connectivity index is 2.72. The number of pyridine rings is 1. The smallest absolute Gasteiger partial charge is 0.128 e. The summed E-state index contributed by atoms with van der Waals surface area (Å²) in [5, 5.41) is 3.16. The summed E-state index contributed by atoms with van der Waals surface area (Å²) < 4.78 is 0. The van der Waals surface area contributed by atoms with Gasteiger partial charge in [0.15, 0.2) is 0 Å². The zero-order valence-corrected chi connectivity index (χ0v) is 12.1. The van der Waals surface area contributed by atoms with Gasteiger partial charge in [-0.2, -0.15) is 0 Å². The molecule has 3 nitrogen and oxygen atoms in total. The maximum absolute atomic E-state index is 4.73. The third kappa shape index (κ3) is 5.05. The molecule has 0 aliphatic carbocycles. The molecule has 0 saturated carbocycles. The Morgan fingerprint density at radius 1 is 1.11 bits per heavy atom. The quantitative estimate of drug-likeness (QED) is 0.728. The Labute approximate surface area is 112 Å². The van der Waals surface area contributed by atoms with Gasteiger partial charge in [0.1, 0.15) is 5.82 Å². The van der Waals surface area contributed by atoms with Crippen LogP contribution in [0.15, 0.2) is 18.2 Å². The van der Waals surface area contributed by atoms with Crippen LogP contribution in [0.1, 0.15) is 45.2 Å². The highest BCUT2D eigenvalue weighted by atomic mass is 15.2. The fourth-order valence-corrected chi connectivity index (χ4v) is 1.96. The second-order valence-electron chi connectivity index (χ2n) is 4.71. The van der Waals surface area contributed by atoms with Crippen LogP contribution in [-0.4, -0.2) is 25.1 Å². The van der Waals surface area contributed by atoms with Gasteiger partial charge in [-0.05, 0) is 32.0 Å². The Hall–Kier alpha value is -1.09. The van der Waals surface area contributed by atoms with Crippen molar-refractivity contribution >= 4 is 5.82 Å². The molecule has 0 unspecified atom stereocenters. The van der Waals surface area contributed by atoms with E-state index in [-0.39, 0.29) is 0 Å². The van der Waals surface area contributed by atoms with E-state index in [1.165, 1.54) is 25.7 Å². The number of nitrogens with zero attached hydrogens (tertiary/aromatic N) is 2. The van der Waals surface area contributed by atoms with Crippen molar-refractivity contribution in [3.05, 3.63) is 23.9 Å². The molecule has 0 amide bonds. The number of hydrogen-bond donors (Lipinski definition) is 1. The van der Waals surface area contributed by atoms with E-state index < -0.39 is 0 Å². The SMILES string of the molecule is CCCCN(CCCC)c1cccc(CNC)n1. The minimum absolute atomic E-state index is 0.837. The monoisotopic (exact) mass is 249 g/mol. The van der Waals surface area contributed by atoms with E-state index in [0.29, 0.717) is 0 Å². The summed E-state index contributed by atoms with van der Waals surface area (Å²) in [5.41, 5.74) is 1.12. The summed E-state index contributed by atoms with van der Waals surface area (Å²) in [6, 6.07) is 6.32. The number of hydrogen-bond acceptors (Lipinski definition) is 3. The van der Waals surface area contributed by atoms with Crippen LogP contribution < -0.4 is 10.2 Å². The second kappa shape index (κ2) is 8.92. The van der Waals surface area contributed by atoms with Crippen molar-refractivity contribution in [3.63, 3.8) is 0 Å². The third-order valence-corrected chi connectivity index (χ3v) is 3.04. The van der Waals surface area contributed by atoms with Crippen molar-refractivity contribution in [1.29, 1.82) is 0 Å². The maximum Gasteiger partial charge on any atom is 0.128 e. The minimum atomic E-state index is 0.837. The summed E-state index contributed by atoms with van der Waals surface area (Å²) in [6.07, 6.45) is 4.95. The van der Waals surface area contributed by atoms with E-state index in [1.54, 1.807) is 0 Å². The lowest BCUT2D eigenvalue weighted by Gasteiger charge is -2.24. The number of rotatable bonds is 9. The number of unbranched alkanes of at least 4 members (excludes halogenated alkanes) is 2. The first-order chi connectivity index (χ1) is 8.81. The second-order valence-corrected chi connectivity index (χ2v) is 4.71. The molecule has 102 valence electrons. The van der Waals surface area contributed by atoms with Gasteiger partial charge in [-0.15, -0.1) is 0 Å². The van der Waals surface area contributed by atoms with Crippen LogP contribution in [0.3, 0.4) is 0 Å². The first-order valence-electron chi connectivity index (χ1n) is 7.17. The summed E-state index contributed by atoms with van der Waals surface area (Å²) in [6.45, 7) is 7.55. The van der Waals surface area contributed by atoms with Crippen molar-refractivity contribution in [1.82, 2.24) is 10.3 Å². The third-order valence-electron chi connectivity index (χ3n) is 3.04. The Morgan fingerprint density at radius 3 is 2.33 bits per heavy atom. The number of nitrogens with one attached hydrogen (secondary N) is 1. The number of anilines is 1. The minimum Gasteiger partial charge on any atom is -0.357 e. The highest BCUT2D eigenvalue weighted by Crippen LogP contribution is 2.13. The molecule has 0 aliphatic heterocycles. The number of aromatic nitrogens is 1. The first-order valence-corrected chi connectivity index (χ1v) is 7.17. The van der Waals surface area contributed by atoms with Crippen LogP contribution in [-0.2, 0) is 6.54 Å². The molecule has 0 bridgehead atoms. The van der Waals surface area contributed by atoms with Gasteiger partial charge in [-0.3, -0.25) is 0 Å². The van der Waals surface area contributed by atoms with Gasteiger partial charge < -0.3 is 10.2 Å². The molecule has 0 aromatic carbocycles. The fraction of sp³-hybridized carbons (Fsp3) is 0.667. The lowest BCUT2D eigenvalue weighted by atomic mass is 10.2. The Kier molecular flexibility index (Phi) is 7.42. The van der Waals surface area contributed by atoms with Gasteiger partial charge >= 0.3 is 0 Å². The van der Waals surface area contributed by atoms with Gasteiger partial charge in [0.25, 0.3) is 0 Å². The van der Waals surface area contributed by atoms with Crippen molar-refractivity contribution in [2.24, 2.45) is 0 Å². The lowest BCUT2D eigenvalue weighted by molar-refractivity contribution is 0.668. The first kappa shape index (κ1) is 15.0. The average Bonchev–Trinajstić information content (AvgIpc) is 2.40. The molecule has 0 atom stereocenters. The van der Waals surface area contributed by atoms with Gasteiger partial charge in [0.2, 0.25) is 0 Å². The standard InChI is InChI=1S/C15H27N3/c1-4-6-11-18(12-7-5-2)15-10-8-9-14(17-15)13-16-3/h8-10,16H,4-7,11-13H2,1-3H3. The van der Waals surface area contributed by atoms with Crippen LogP contribution in [0.25, 0.3) is 0 Å². The normalized spacial score (nSPS) is 10.6. The summed E-state index contributed by atoms with van der Waals surface area (Å²) in [4.78, 5) is 7.15. The molecule has 1 rings (SSSR count).